The Morgan fingerprint density at radius 2 is 1.57 bits per heavy atom. The summed E-state index contributed by atoms with van der Waals surface area (Å²) in [6.45, 7) is 3.34. The Labute approximate surface area is 181 Å². The zero-order valence-electron chi connectivity index (χ0n) is 18.3. The van der Waals surface area contributed by atoms with Crippen molar-refractivity contribution in [1.82, 2.24) is 0 Å². The molecule has 0 aliphatic carbocycles. The van der Waals surface area contributed by atoms with Gasteiger partial charge in [0.05, 0.1) is 0 Å². The van der Waals surface area contributed by atoms with E-state index in [0.29, 0.717) is 0 Å². The summed E-state index contributed by atoms with van der Waals surface area (Å²) >= 11 is 0. The van der Waals surface area contributed by atoms with Crippen molar-refractivity contribution in [2.45, 2.75) is 45.4 Å². The van der Waals surface area contributed by atoms with Crippen molar-refractivity contribution in [3.8, 4) is 0 Å². The van der Waals surface area contributed by atoms with E-state index in [-0.39, 0.29) is 0 Å². The molecule has 0 N–H and O–H groups in total. The van der Waals surface area contributed by atoms with Crippen molar-refractivity contribution >= 4 is 28.7 Å². The maximum atomic E-state index is 2.50. The van der Waals surface area contributed by atoms with E-state index >= 15 is 0 Å². The van der Waals surface area contributed by atoms with E-state index in [2.05, 4.69) is 102 Å². The number of pyridine rings is 1. The molecule has 4 rings (SSSR count). The summed E-state index contributed by atoms with van der Waals surface area (Å²) in [6.07, 6.45) is 14.8. The van der Waals surface area contributed by atoms with E-state index in [1.807, 2.05) is 0 Å². The van der Waals surface area contributed by atoms with Crippen LogP contribution in [-0.4, -0.2) is 6.54 Å². The second-order valence-electron chi connectivity index (χ2n) is 8.26. The van der Waals surface area contributed by atoms with Crippen molar-refractivity contribution in [3.63, 3.8) is 0 Å². The molecule has 2 aromatic carbocycles. The molecule has 2 heteroatoms. The molecule has 0 radical (unpaired) electrons. The number of rotatable bonds is 8. The average Bonchev–Trinajstić information content (AvgIpc) is 2.79. The van der Waals surface area contributed by atoms with Crippen molar-refractivity contribution in [1.29, 1.82) is 0 Å². The number of nitrogens with zero attached hydrogens (tertiary/aromatic N) is 2. The van der Waals surface area contributed by atoms with Crippen molar-refractivity contribution < 1.29 is 4.57 Å². The number of anilines is 1. The third-order valence-electron chi connectivity index (χ3n) is 6.12. The fraction of sp³-hybridized carbons (Fsp3) is 0.321. The first-order valence-corrected chi connectivity index (χ1v) is 11.4. The molecule has 0 atom stereocenters. The molecule has 0 saturated carbocycles. The number of aryl methyl sites for hydroxylation is 1. The normalized spacial score (nSPS) is 14.5. The summed E-state index contributed by atoms with van der Waals surface area (Å²) in [4.78, 5) is 2.50. The maximum Gasteiger partial charge on any atom is 0.212 e. The van der Waals surface area contributed by atoms with Crippen LogP contribution in [-0.2, 0) is 7.05 Å². The van der Waals surface area contributed by atoms with Crippen molar-refractivity contribution in [2.75, 3.05) is 11.4 Å². The van der Waals surface area contributed by atoms with Crippen molar-refractivity contribution in [2.24, 2.45) is 7.05 Å². The van der Waals surface area contributed by atoms with Gasteiger partial charge in [0.1, 0.15) is 7.05 Å². The van der Waals surface area contributed by atoms with Gasteiger partial charge in [-0.15, -0.1) is 0 Å². The molecule has 3 aromatic rings. The quantitative estimate of drug-likeness (QED) is 0.296. The molecule has 0 amide bonds. The molecule has 1 aliphatic rings. The first-order valence-electron chi connectivity index (χ1n) is 11.4. The second kappa shape index (κ2) is 9.75. The Bertz CT molecular complexity index is 1060. The van der Waals surface area contributed by atoms with Crippen LogP contribution < -0.4 is 9.47 Å². The zero-order valence-corrected chi connectivity index (χ0v) is 18.3. The molecule has 0 bridgehead atoms. The Hall–Kier alpha value is -2.87. The smallest absolute Gasteiger partial charge is 0.212 e. The lowest BCUT2D eigenvalue weighted by Gasteiger charge is -2.30. The van der Waals surface area contributed by atoms with Gasteiger partial charge in [-0.3, -0.25) is 0 Å². The fourth-order valence-corrected chi connectivity index (χ4v) is 4.36. The lowest BCUT2D eigenvalue weighted by atomic mass is 10.0. The number of hydrogen-bond acceptors (Lipinski definition) is 1. The van der Waals surface area contributed by atoms with Gasteiger partial charge in [0.25, 0.3) is 0 Å². The molecular formula is C28H33N2+. The summed E-state index contributed by atoms with van der Waals surface area (Å²) in [7, 11) is 2.16. The maximum absolute atomic E-state index is 2.50. The minimum absolute atomic E-state index is 1.07. The van der Waals surface area contributed by atoms with Gasteiger partial charge in [-0.25, -0.2) is 0 Å². The Kier molecular flexibility index (Phi) is 6.63. The molecule has 0 unspecified atom stereocenters. The standard InChI is InChI=1S/C28H33N2/c1-3-4-5-6-7-12-21-30-26(20-18-24-14-9-11-16-28(24)30)22-25-19-17-23-13-8-10-15-27(23)29(25)2/h8-11,13-20,22H,3-7,12,21H2,1-2H3/q+1. The number of unbranched alkanes of at least 4 members (excludes halogenated alkanes) is 5. The fourth-order valence-electron chi connectivity index (χ4n) is 4.36. The van der Waals surface area contributed by atoms with Crippen LogP contribution in [0.5, 0.6) is 0 Å². The van der Waals surface area contributed by atoms with Gasteiger partial charge in [0.15, 0.2) is 0 Å². The van der Waals surface area contributed by atoms with Gasteiger partial charge in [0, 0.05) is 41.5 Å². The van der Waals surface area contributed by atoms with Crippen LogP contribution in [0.1, 0.15) is 56.7 Å². The number of hydrogen-bond donors (Lipinski definition) is 0. The summed E-state index contributed by atoms with van der Waals surface area (Å²) in [6, 6.07) is 21.8. The van der Waals surface area contributed by atoms with Crippen molar-refractivity contribution in [3.05, 3.63) is 83.7 Å². The SMILES string of the molecule is CCCCCCCCN1/C(=C/c2ccc3ccccc3[n+]2C)C=Cc2ccccc21. The van der Waals surface area contributed by atoms with Crippen LogP contribution in [0.2, 0.25) is 0 Å². The van der Waals surface area contributed by atoms with Gasteiger partial charge >= 0.3 is 0 Å². The van der Waals surface area contributed by atoms with Crippen LogP contribution in [0.15, 0.2) is 72.4 Å². The van der Waals surface area contributed by atoms with Crippen LogP contribution >= 0.6 is 0 Å². The Morgan fingerprint density at radius 3 is 2.47 bits per heavy atom. The summed E-state index contributed by atoms with van der Waals surface area (Å²) in [5, 5.41) is 1.27. The highest BCUT2D eigenvalue weighted by molar-refractivity contribution is 5.80. The summed E-state index contributed by atoms with van der Waals surface area (Å²) in [5.41, 5.74) is 6.38. The number of fused-ring (bicyclic) bond motifs is 2. The lowest BCUT2D eigenvalue weighted by molar-refractivity contribution is -0.646. The average molecular weight is 398 g/mol. The largest absolute Gasteiger partial charge is 0.341 e. The Morgan fingerprint density at radius 1 is 0.800 bits per heavy atom. The molecule has 0 spiro atoms. The van der Waals surface area contributed by atoms with Crippen LogP contribution in [0.4, 0.5) is 5.69 Å². The second-order valence-corrected chi connectivity index (χ2v) is 8.26. The highest BCUT2D eigenvalue weighted by atomic mass is 15.1. The van der Waals surface area contributed by atoms with E-state index < -0.39 is 0 Å². The minimum atomic E-state index is 1.07. The number of benzene rings is 2. The van der Waals surface area contributed by atoms with E-state index in [1.54, 1.807) is 0 Å². The molecule has 1 aromatic heterocycles. The monoisotopic (exact) mass is 397 g/mol. The van der Waals surface area contributed by atoms with E-state index in [9.17, 15) is 0 Å². The predicted molar refractivity (Wildman–Crippen MR) is 129 cm³/mol. The zero-order chi connectivity index (χ0) is 20.8. The molecular weight excluding hydrogens is 364 g/mol. The highest BCUT2D eigenvalue weighted by Crippen LogP contribution is 2.32. The Balaban J connectivity index is 1.61. The van der Waals surface area contributed by atoms with Crippen LogP contribution in [0, 0.1) is 0 Å². The van der Waals surface area contributed by atoms with Gasteiger partial charge in [-0.1, -0.05) is 75.4 Å². The number of para-hydroxylation sites is 2. The van der Waals surface area contributed by atoms with Gasteiger partial charge in [-0.05, 0) is 36.3 Å². The molecule has 0 fully saturated rings. The lowest BCUT2D eigenvalue weighted by Crippen LogP contribution is -2.33. The molecule has 2 heterocycles. The van der Waals surface area contributed by atoms with Crippen LogP contribution in [0.25, 0.3) is 23.1 Å². The summed E-state index contributed by atoms with van der Waals surface area (Å²) in [5.74, 6) is 0. The van der Waals surface area contributed by atoms with Gasteiger partial charge in [0.2, 0.25) is 11.2 Å². The third-order valence-corrected chi connectivity index (χ3v) is 6.12. The van der Waals surface area contributed by atoms with Gasteiger partial charge in [-0.2, -0.15) is 4.57 Å². The first-order chi connectivity index (χ1) is 14.8. The van der Waals surface area contributed by atoms with Crippen LogP contribution in [0.3, 0.4) is 0 Å². The predicted octanol–water partition coefficient (Wildman–Crippen LogP) is 6.90. The van der Waals surface area contributed by atoms with Gasteiger partial charge < -0.3 is 4.90 Å². The number of allylic oxidation sites excluding steroid dienone is 1. The van der Waals surface area contributed by atoms with E-state index in [4.69, 9.17) is 0 Å². The highest BCUT2D eigenvalue weighted by Gasteiger charge is 2.19. The molecule has 2 nitrogen and oxygen atoms in total. The topological polar surface area (TPSA) is 7.12 Å². The molecule has 30 heavy (non-hydrogen) atoms. The third kappa shape index (κ3) is 4.48. The molecule has 1 aliphatic heterocycles. The molecule has 154 valence electrons. The number of aromatic nitrogens is 1. The minimum Gasteiger partial charge on any atom is -0.341 e. The summed E-state index contributed by atoms with van der Waals surface area (Å²) < 4.78 is 2.29. The molecule has 0 saturated heterocycles. The van der Waals surface area contributed by atoms with E-state index in [1.165, 1.54) is 72.1 Å². The van der Waals surface area contributed by atoms with E-state index in [0.717, 1.165) is 6.54 Å². The first kappa shape index (κ1) is 20.4.